The van der Waals surface area contributed by atoms with E-state index < -0.39 is 5.97 Å². The van der Waals surface area contributed by atoms with Crippen LogP contribution in [0.4, 0.5) is 0 Å². The third-order valence-electron chi connectivity index (χ3n) is 4.20. The predicted molar refractivity (Wildman–Crippen MR) is 63.4 cm³/mol. The van der Waals surface area contributed by atoms with E-state index in [2.05, 4.69) is 0 Å². The zero-order valence-electron chi connectivity index (χ0n) is 10.4. The molecule has 17 heavy (non-hydrogen) atoms. The van der Waals surface area contributed by atoms with Crippen LogP contribution in [0.25, 0.3) is 0 Å². The van der Waals surface area contributed by atoms with Crippen LogP contribution in [0.3, 0.4) is 0 Å². The van der Waals surface area contributed by atoms with Crippen molar-refractivity contribution in [2.75, 3.05) is 13.1 Å². The summed E-state index contributed by atoms with van der Waals surface area (Å²) in [5.41, 5.74) is 0. The Kier molecular flexibility index (Phi) is 3.69. The van der Waals surface area contributed by atoms with Crippen molar-refractivity contribution >= 4 is 11.9 Å². The lowest BCUT2D eigenvalue weighted by Gasteiger charge is -2.26. The molecule has 1 aliphatic heterocycles. The highest BCUT2D eigenvalue weighted by atomic mass is 16.4. The molecule has 0 aromatic heterocycles. The SMILES string of the molecule is C[C@@H]1CN(C(=O)C2CCCCC2)C[C@H]1C(=O)O. The van der Waals surface area contributed by atoms with Gasteiger partial charge in [0.25, 0.3) is 0 Å². The Hall–Kier alpha value is -1.06. The summed E-state index contributed by atoms with van der Waals surface area (Å²) in [6, 6.07) is 0. The average Bonchev–Trinajstić information content (AvgIpc) is 2.71. The van der Waals surface area contributed by atoms with E-state index in [4.69, 9.17) is 5.11 Å². The maximum Gasteiger partial charge on any atom is 0.308 e. The van der Waals surface area contributed by atoms with E-state index in [9.17, 15) is 9.59 Å². The number of carbonyl (C=O) groups is 2. The second kappa shape index (κ2) is 5.07. The monoisotopic (exact) mass is 239 g/mol. The lowest BCUT2D eigenvalue weighted by atomic mass is 9.88. The number of likely N-dealkylation sites (tertiary alicyclic amines) is 1. The van der Waals surface area contributed by atoms with E-state index in [-0.39, 0.29) is 23.7 Å². The first-order valence-corrected chi connectivity index (χ1v) is 6.61. The van der Waals surface area contributed by atoms with Gasteiger partial charge in [0.15, 0.2) is 0 Å². The van der Waals surface area contributed by atoms with Gasteiger partial charge in [-0.1, -0.05) is 26.2 Å². The Bertz CT molecular complexity index is 310. The number of rotatable bonds is 2. The van der Waals surface area contributed by atoms with Gasteiger partial charge >= 0.3 is 5.97 Å². The first kappa shape index (κ1) is 12.4. The van der Waals surface area contributed by atoms with Gasteiger partial charge in [0.2, 0.25) is 5.91 Å². The fourth-order valence-corrected chi connectivity index (χ4v) is 3.08. The molecule has 0 aromatic carbocycles. The van der Waals surface area contributed by atoms with Gasteiger partial charge in [0, 0.05) is 19.0 Å². The normalized spacial score (nSPS) is 30.5. The Labute approximate surface area is 102 Å². The molecule has 0 radical (unpaired) electrons. The largest absolute Gasteiger partial charge is 0.481 e. The summed E-state index contributed by atoms with van der Waals surface area (Å²) in [6.07, 6.45) is 5.49. The summed E-state index contributed by atoms with van der Waals surface area (Å²) in [4.78, 5) is 25.0. The van der Waals surface area contributed by atoms with Crippen molar-refractivity contribution < 1.29 is 14.7 Å². The lowest BCUT2D eigenvalue weighted by molar-refractivity contribution is -0.142. The van der Waals surface area contributed by atoms with Gasteiger partial charge in [0.05, 0.1) is 5.92 Å². The van der Waals surface area contributed by atoms with Gasteiger partial charge in [0.1, 0.15) is 0 Å². The highest BCUT2D eigenvalue weighted by molar-refractivity contribution is 5.81. The molecule has 1 heterocycles. The van der Waals surface area contributed by atoms with Gasteiger partial charge in [-0.25, -0.2) is 0 Å². The van der Waals surface area contributed by atoms with Crippen molar-refractivity contribution in [2.24, 2.45) is 17.8 Å². The number of carbonyl (C=O) groups excluding carboxylic acids is 1. The summed E-state index contributed by atoms with van der Waals surface area (Å²) in [6.45, 7) is 2.95. The highest BCUT2D eigenvalue weighted by Gasteiger charge is 2.38. The maximum absolute atomic E-state index is 12.2. The van der Waals surface area contributed by atoms with Crippen LogP contribution in [0.15, 0.2) is 0 Å². The molecule has 0 spiro atoms. The van der Waals surface area contributed by atoms with Crippen LogP contribution in [0.2, 0.25) is 0 Å². The second-order valence-electron chi connectivity index (χ2n) is 5.50. The number of nitrogens with zero attached hydrogens (tertiary/aromatic N) is 1. The van der Waals surface area contributed by atoms with E-state index >= 15 is 0 Å². The van der Waals surface area contributed by atoms with Gasteiger partial charge in [-0.3, -0.25) is 9.59 Å². The summed E-state index contributed by atoms with van der Waals surface area (Å²) in [5.74, 6) is -0.706. The molecule has 4 heteroatoms. The van der Waals surface area contributed by atoms with Crippen LogP contribution < -0.4 is 0 Å². The summed E-state index contributed by atoms with van der Waals surface area (Å²) < 4.78 is 0. The van der Waals surface area contributed by atoms with E-state index in [1.807, 2.05) is 6.92 Å². The molecule has 1 saturated heterocycles. The fourth-order valence-electron chi connectivity index (χ4n) is 3.08. The third kappa shape index (κ3) is 2.61. The van der Waals surface area contributed by atoms with E-state index in [1.165, 1.54) is 6.42 Å². The van der Waals surface area contributed by atoms with Crippen LogP contribution >= 0.6 is 0 Å². The molecular formula is C13H21NO3. The van der Waals surface area contributed by atoms with Gasteiger partial charge in [-0.15, -0.1) is 0 Å². The molecule has 0 unspecified atom stereocenters. The molecule has 1 saturated carbocycles. The molecule has 2 aliphatic rings. The van der Waals surface area contributed by atoms with Crippen LogP contribution in [0.1, 0.15) is 39.0 Å². The van der Waals surface area contributed by atoms with Crippen LogP contribution in [0, 0.1) is 17.8 Å². The van der Waals surface area contributed by atoms with E-state index in [0.717, 1.165) is 25.7 Å². The maximum atomic E-state index is 12.2. The molecule has 1 aliphatic carbocycles. The molecule has 1 amide bonds. The van der Waals surface area contributed by atoms with Gasteiger partial charge < -0.3 is 10.0 Å². The molecule has 96 valence electrons. The summed E-state index contributed by atoms with van der Waals surface area (Å²) in [7, 11) is 0. The molecule has 1 N–H and O–H groups in total. The number of carboxylic acids is 1. The van der Waals surface area contributed by atoms with Gasteiger partial charge in [-0.05, 0) is 18.8 Å². The van der Waals surface area contributed by atoms with Crippen LogP contribution in [0.5, 0.6) is 0 Å². The first-order chi connectivity index (χ1) is 8.09. The molecular weight excluding hydrogens is 218 g/mol. The quantitative estimate of drug-likeness (QED) is 0.798. The van der Waals surface area contributed by atoms with Crippen molar-refractivity contribution in [1.82, 2.24) is 4.90 Å². The standard InChI is InChI=1S/C13H21NO3/c1-9-7-14(8-11(9)13(16)17)12(15)10-5-3-2-4-6-10/h9-11H,2-8H2,1H3,(H,16,17)/t9-,11-/m1/s1. The minimum atomic E-state index is -0.767. The third-order valence-corrected chi connectivity index (χ3v) is 4.20. The lowest BCUT2D eigenvalue weighted by Crippen LogP contribution is -2.36. The van der Waals surface area contributed by atoms with E-state index in [0.29, 0.717) is 13.1 Å². The zero-order chi connectivity index (χ0) is 12.4. The number of carboxylic acid groups (broad SMARTS) is 1. The first-order valence-electron chi connectivity index (χ1n) is 6.61. The van der Waals surface area contributed by atoms with Crippen LogP contribution in [-0.4, -0.2) is 35.0 Å². The molecule has 4 nitrogen and oxygen atoms in total. The van der Waals surface area contributed by atoms with Crippen LogP contribution in [-0.2, 0) is 9.59 Å². The summed E-state index contributed by atoms with van der Waals surface area (Å²) >= 11 is 0. The Balaban J connectivity index is 1.94. The highest BCUT2D eigenvalue weighted by Crippen LogP contribution is 2.29. The smallest absolute Gasteiger partial charge is 0.308 e. The van der Waals surface area contributed by atoms with Gasteiger partial charge in [-0.2, -0.15) is 0 Å². The predicted octanol–water partition coefficient (Wildman–Crippen LogP) is 1.75. The number of amides is 1. The Morgan fingerprint density at radius 3 is 2.29 bits per heavy atom. The minimum absolute atomic E-state index is 0.0834. The molecule has 2 atom stereocenters. The second-order valence-corrected chi connectivity index (χ2v) is 5.50. The molecule has 0 aromatic rings. The zero-order valence-corrected chi connectivity index (χ0v) is 10.4. The molecule has 0 bridgehead atoms. The number of hydrogen-bond donors (Lipinski definition) is 1. The summed E-state index contributed by atoms with van der Waals surface area (Å²) in [5, 5.41) is 9.06. The van der Waals surface area contributed by atoms with Crippen molar-refractivity contribution in [2.45, 2.75) is 39.0 Å². The fraction of sp³-hybridized carbons (Fsp3) is 0.846. The Morgan fingerprint density at radius 1 is 1.12 bits per heavy atom. The minimum Gasteiger partial charge on any atom is -0.481 e. The number of aliphatic carboxylic acids is 1. The van der Waals surface area contributed by atoms with Crippen molar-refractivity contribution in [1.29, 1.82) is 0 Å². The average molecular weight is 239 g/mol. The number of hydrogen-bond acceptors (Lipinski definition) is 2. The Morgan fingerprint density at radius 2 is 1.76 bits per heavy atom. The van der Waals surface area contributed by atoms with Crippen molar-refractivity contribution in [3.8, 4) is 0 Å². The molecule has 2 rings (SSSR count). The topological polar surface area (TPSA) is 57.6 Å². The van der Waals surface area contributed by atoms with E-state index in [1.54, 1.807) is 4.90 Å². The molecule has 2 fully saturated rings. The van der Waals surface area contributed by atoms with Crippen molar-refractivity contribution in [3.05, 3.63) is 0 Å². The van der Waals surface area contributed by atoms with Crippen molar-refractivity contribution in [3.63, 3.8) is 0 Å².